The van der Waals surface area contributed by atoms with Crippen LogP contribution >= 0.6 is 0 Å². The lowest BCUT2D eigenvalue weighted by molar-refractivity contribution is 0.540. The molecule has 0 spiro atoms. The van der Waals surface area contributed by atoms with Crippen LogP contribution in [0.2, 0.25) is 0 Å². The highest BCUT2D eigenvalue weighted by molar-refractivity contribution is 4.53. The average Bonchev–Trinajstić information content (AvgIpc) is 2.47. The van der Waals surface area contributed by atoms with Gasteiger partial charge in [0.1, 0.15) is 0 Å². The van der Waals surface area contributed by atoms with Crippen molar-refractivity contribution >= 4 is 0 Å². The Morgan fingerprint density at radius 1 is 0.550 bits per heavy atom. The molecule has 0 bridgehead atoms. The molecule has 0 atom stereocenters. The number of unbranched alkanes of at least 4 members (excludes halogenated alkanes) is 9. The van der Waals surface area contributed by atoms with Gasteiger partial charge in [0.15, 0.2) is 0 Å². The molecule has 0 unspecified atom stereocenters. The second kappa shape index (κ2) is 18.9. The molecule has 0 saturated heterocycles. The maximum absolute atomic E-state index is 3.87. The fraction of sp³-hybridized carbons (Fsp3) is 0.944. The quantitative estimate of drug-likeness (QED) is 0.378. The van der Waals surface area contributed by atoms with E-state index in [1.807, 2.05) is 0 Å². The molecule has 0 heterocycles. The van der Waals surface area contributed by atoms with E-state index in [1.54, 1.807) is 0 Å². The van der Waals surface area contributed by atoms with Crippen molar-refractivity contribution in [1.82, 2.24) is 10.6 Å². The molecule has 0 aliphatic heterocycles. The van der Waals surface area contributed by atoms with Gasteiger partial charge in [-0.25, -0.2) is 0 Å². The molecule has 0 aliphatic carbocycles. The van der Waals surface area contributed by atoms with Gasteiger partial charge in [-0.15, -0.1) is 0 Å². The molecule has 121 valence electrons. The molecule has 0 aliphatic rings. The van der Waals surface area contributed by atoms with Gasteiger partial charge in [0.05, 0.1) is 0 Å². The second-order valence-electron chi connectivity index (χ2n) is 5.89. The van der Waals surface area contributed by atoms with Crippen molar-refractivity contribution in [3.8, 4) is 0 Å². The van der Waals surface area contributed by atoms with Gasteiger partial charge in [0.25, 0.3) is 0 Å². The van der Waals surface area contributed by atoms with Crippen LogP contribution in [0.15, 0.2) is 0 Å². The monoisotopic (exact) mass is 283 g/mol. The number of hydrogen-bond acceptors (Lipinski definition) is 2. The van der Waals surface area contributed by atoms with Crippen LogP contribution in [0.25, 0.3) is 0 Å². The first kappa shape index (κ1) is 19.9. The van der Waals surface area contributed by atoms with Crippen LogP contribution in [0.3, 0.4) is 0 Å². The fourth-order valence-corrected chi connectivity index (χ4v) is 2.38. The van der Waals surface area contributed by atoms with E-state index in [9.17, 15) is 0 Å². The Balaban J connectivity index is 2.89. The normalized spacial score (nSPS) is 11.1. The van der Waals surface area contributed by atoms with Crippen LogP contribution in [0.1, 0.15) is 84.0 Å². The Morgan fingerprint density at radius 3 is 1.35 bits per heavy atom. The third-order valence-corrected chi connectivity index (χ3v) is 3.77. The van der Waals surface area contributed by atoms with Crippen molar-refractivity contribution in [3.05, 3.63) is 6.92 Å². The second-order valence-corrected chi connectivity index (χ2v) is 5.89. The Hall–Kier alpha value is -0.0800. The topological polar surface area (TPSA) is 24.1 Å². The van der Waals surface area contributed by atoms with Gasteiger partial charge < -0.3 is 10.6 Å². The molecule has 2 heteroatoms. The third-order valence-electron chi connectivity index (χ3n) is 3.77. The van der Waals surface area contributed by atoms with E-state index in [4.69, 9.17) is 0 Å². The predicted molar refractivity (Wildman–Crippen MR) is 92.2 cm³/mol. The summed E-state index contributed by atoms with van der Waals surface area (Å²) in [7, 11) is 0. The van der Waals surface area contributed by atoms with E-state index in [1.165, 1.54) is 96.8 Å². The summed E-state index contributed by atoms with van der Waals surface area (Å²) in [4.78, 5) is 0. The fourth-order valence-electron chi connectivity index (χ4n) is 2.38. The SMILES string of the molecule is [CH2]CCCCCNCCCCCCNCCCCCC. The summed E-state index contributed by atoms with van der Waals surface area (Å²) in [6.07, 6.45) is 15.9. The standard InChI is InChI=1S/C18H39N2/c1-3-5-7-11-15-19-17-13-9-10-14-18-20-16-12-8-6-4-2/h19-20H,1,3-18H2,2H3. The third kappa shape index (κ3) is 17.9. The summed E-state index contributed by atoms with van der Waals surface area (Å²) in [5.74, 6) is 0. The molecule has 2 N–H and O–H groups in total. The number of hydrogen-bond donors (Lipinski definition) is 2. The van der Waals surface area contributed by atoms with E-state index in [0.717, 1.165) is 6.42 Å². The maximum atomic E-state index is 3.87. The van der Waals surface area contributed by atoms with Crippen molar-refractivity contribution < 1.29 is 0 Å². The largest absolute Gasteiger partial charge is 0.317 e. The van der Waals surface area contributed by atoms with E-state index < -0.39 is 0 Å². The zero-order valence-corrected chi connectivity index (χ0v) is 14.0. The Labute approximate surface area is 128 Å². The first-order valence-corrected chi connectivity index (χ1v) is 9.12. The first-order chi connectivity index (χ1) is 9.91. The molecular formula is C18H39N2. The van der Waals surface area contributed by atoms with Crippen LogP contribution in [-0.4, -0.2) is 26.2 Å². The van der Waals surface area contributed by atoms with Crippen LogP contribution in [0.4, 0.5) is 0 Å². The summed E-state index contributed by atoms with van der Waals surface area (Å²) in [6.45, 7) is 11.0. The number of rotatable bonds is 17. The molecule has 1 radical (unpaired) electrons. The smallest absolute Gasteiger partial charge is 0.00489 e. The number of nitrogens with one attached hydrogen (secondary N) is 2. The van der Waals surface area contributed by atoms with E-state index in [-0.39, 0.29) is 0 Å². The Kier molecular flexibility index (Phi) is 18.8. The molecule has 0 aromatic rings. The van der Waals surface area contributed by atoms with Crippen LogP contribution in [-0.2, 0) is 0 Å². The van der Waals surface area contributed by atoms with E-state index >= 15 is 0 Å². The first-order valence-electron chi connectivity index (χ1n) is 9.12. The van der Waals surface area contributed by atoms with E-state index in [2.05, 4.69) is 24.5 Å². The highest BCUT2D eigenvalue weighted by atomic mass is 14.8. The van der Waals surface area contributed by atoms with Gasteiger partial charge in [-0.05, 0) is 51.9 Å². The minimum Gasteiger partial charge on any atom is -0.317 e. The molecule has 0 aromatic carbocycles. The lowest BCUT2D eigenvalue weighted by Gasteiger charge is -2.06. The van der Waals surface area contributed by atoms with Crippen molar-refractivity contribution in [1.29, 1.82) is 0 Å². The Bertz CT molecular complexity index is 141. The van der Waals surface area contributed by atoms with Gasteiger partial charge in [-0.1, -0.05) is 65.2 Å². The molecule has 2 nitrogen and oxygen atoms in total. The van der Waals surface area contributed by atoms with Crippen LogP contribution < -0.4 is 10.6 Å². The summed E-state index contributed by atoms with van der Waals surface area (Å²) in [5.41, 5.74) is 0. The van der Waals surface area contributed by atoms with Gasteiger partial charge >= 0.3 is 0 Å². The van der Waals surface area contributed by atoms with Crippen molar-refractivity contribution in [2.45, 2.75) is 84.0 Å². The van der Waals surface area contributed by atoms with Gasteiger partial charge in [-0.2, -0.15) is 0 Å². The summed E-state index contributed by atoms with van der Waals surface area (Å²) < 4.78 is 0. The highest BCUT2D eigenvalue weighted by Crippen LogP contribution is 2.00. The van der Waals surface area contributed by atoms with Crippen molar-refractivity contribution in [2.75, 3.05) is 26.2 Å². The molecule has 0 fully saturated rings. The highest BCUT2D eigenvalue weighted by Gasteiger charge is 1.92. The molecule has 0 aromatic heterocycles. The van der Waals surface area contributed by atoms with Gasteiger partial charge in [0.2, 0.25) is 0 Å². The van der Waals surface area contributed by atoms with Gasteiger partial charge in [-0.3, -0.25) is 0 Å². The zero-order valence-electron chi connectivity index (χ0n) is 14.0. The average molecular weight is 284 g/mol. The van der Waals surface area contributed by atoms with Crippen LogP contribution in [0, 0.1) is 6.92 Å². The molecule has 0 amide bonds. The van der Waals surface area contributed by atoms with Gasteiger partial charge in [0, 0.05) is 0 Å². The van der Waals surface area contributed by atoms with Crippen molar-refractivity contribution in [2.24, 2.45) is 0 Å². The lowest BCUT2D eigenvalue weighted by Crippen LogP contribution is -2.17. The molecule has 20 heavy (non-hydrogen) atoms. The molecule has 0 saturated carbocycles. The zero-order chi connectivity index (χ0) is 14.7. The lowest BCUT2D eigenvalue weighted by atomic mass is 10.2. The predicted octanol–water partition coefficient (Wildman–Crippen LogP) is 4.70. The summed E-state index contributed by atoms with van der Waals surface area (Å²) >= 11 is 0. The maximum Gasteiger partial charge on any atom is -0.00489 e. The summed E-state index contributed by atoms with van der Waals surface area (Å²) in [5, 5.41) is 7.09. The van der Waals surface area contributed by atoms with E-state index in [0.29, 0.717) is 0 Å². The Morgan fingerprint density at radius 2 is 0.950 bits per heavy atom. The van der Waals surface area contributed by atoms with Crippen molar-refractivity contribution in [3.63, 3.8) is 0 Å². The molecule has 0 rings (SSSR count). The summed E-state index contributed by atoms with van der Waals surface area (Å²) in [6, 6.07) is 0. The molecular weight excluding hydrogens is 244 g/mol. The minimum atomic E-state index is 1.09. The minimum absolute atomic E-state index is 1.09. The van der Waals surface area contributed by atoms with Crippen LogP contribution in [0.5, 0.6) is 0 Å².